The Kier molecular flexibility index (Phi) is 4.62. The lowest BCUT2D eigenvalue weighted by molar-refractivity contribution is 0.304. The molecule has 1 aliphatic heterocycles. The van der Waals surface area contributed by atoms with Gasteiger partial charge in [-0.1, -0.05) is 25.4 Å². The van der Waals surface area contributed by atoms with E-state index >= 15 is 0 Å². The van der Waals surface area contributed by atoms with Gasteiger partial charge in [0.1, 0.15) is 5.75 Å². The molecule has 0 aromatic heterocycles. The molecule has 3 nitrogen and oxygen atoms in total. The zero-order chi connectivity index (χ0) is 15.0. The minimum atomic E-state index is 0.208. The van der Waals surface area contributed by atoms with Crippen molar-refractivity contribution in [2.45, 2.75) is 39.2 Å². The van der Waals surface area contributed by atoms with Gasteiger partial charge in [-0.25, -0.2) is 0 Å². The molecule has 2 rings (SSSR count). The maximum atomic E-state index is 10.7. The van der Waals surface area contributed by atoms with Gasteiger partial charge in [0.25, 0.3) is 0 Å². The van der Waals surface area contributed by atoms with Gasteiger partial charge in [0.2, 0.25) is 0 Å². The summed E-state index contributed by atoms with van der Waals surface area (Å²) in [5.74, 6) is 1.16. The molecule has 0 amide bonds. The Bertz CT molecular complexity index is 502. The van der Waals surface area contributed by atoms with Crippen molar-refractivity contribution in [1.82, 2.24) is 4.90 Å². The van der Waals surface area contributed by atoms with E-state index in [2.05, 4.69) is 25.8 Å². The van der Waals surface area contributed by atoms with Crippen LogP contribution in [-0.4, -0.2) is 30.1 Å². The quantitative estimate of drug-likeness (QED) is 0.898. The molecule has 4 heteroatoms. The average molecular weight is 297 g/mol. The lowest BCUT2D eigenvalue weighted by Crippen LogP contribution is -2.21. The van der Waals surface area contributed by atoms with Gasteiger partial charge in [-0.15, -0.1) is 0 Å². The number of phenols is 1. The molecule has 0 saturated carbocycles. The maximum Gasteiger partial charge on any atom is 0.124 e. The second-order valence-corrected chi connectivity index (χ2v) is 6.69. The van der Waals surface area contributed by atoms with Crippen LogP contribution in [0, 0.1) is 12.8 Å². The van der Waals surface area contributed by atoms with Crippen molar-refractivity contribution in [2.75, 3.05) is 20.1 Å². The van der Waals surface area contributed by atoms with Crippen LogP contribution in [0.3, 0.4) is 0 Å². The second-order valence-electron chi connectivity index (χ2n) is 6.28. The Morgan fingerprint density at radius 1 is 1.50 bits per heavy atom. The second kappa shape index (κ2) is 5.92. The predicted molar refractivity (Wildman–Crippen MR) is 84.5 cm³/mol. The molecular formula is C16H25ClN2O. The Balaban J connectivity index is 2.51. The van der Waals surface area contributed by atoms with E-state index in [1.165, 1.54) is 0 Å². The minimum Gasteiger partial charge on any atom is -0.507 e. The van der Waals surface area contributed by atoms with Crippen molar-refractivity contribution in [3.63, 3.8) is 0 Å². The molecular weight excluding hydrogens is 272 g/mol. The summed E-state index contributed by atoms with van der Waals surface area (Å²) in [6.07, 6.45) is 0.985. The largest absolute Gasteiger partial charge is 0.507 e. The summed E-state index contributed by atoms with van der Waals surface area (Å²) >= 11 is 6.38. The van der Waals surface area contributed by atoms with Crippen LogP contribution in [-0.2, 0) is 0 Å². The van der Waals surface area contributed by atoms with Crippen LogP contribution < -0.4 is 5.73 Å². The number of likely N-dealkylation sites (tertiary alicyclic amines) is 1. The summed E-state index contributed by atoms with van der Waals surface area (Å²) in [6.45, 7) is 7.81. The zero-order valence-corrected chi connectivity index (χ0v) is 13.5. The van der Waals surface area contributed by atoms with Crippen LogP contribution >= 0.6 is 11.6 Å². The van der Waals surface area contributed by atoms with Gasteiger partial charge in [-0.05, 0) is 56.0 Å². The molecule has 20 heavy (non-hydrogen) atoms. The third-order valence-electron chi connectivity index (χ3n) is 4.50. The summed E-state index contributed by atoms with van der Waals surface area (Å²) in [6, 6.07) is 2.11. The van der Waals surface area contributed by atoms with Gasteiger partial charge in [0, 0.05) is 23.2 Å². The first-order valence-electron chi connectivity index (χ1n) is 7.28. The van der Waals surface area contributed by atoms with Gasteiger partial charge in [0.05, 0.1) is 0 Å². The Morgan fingerprint density at radius 3 is 2.65 bits per heavy atom. The number of hydrogen-bond donors (Lipinski definition) is 2. The lowest BCUT2D eigenvalue weighted by atomic mass is 9.90. The van der Waals surface area contributed by atoms with Gasteiger partial charge >= 0.3 is 0 Å². The SMILES string of the molecule is Cc1c(Cl)cc(C(C)C)c(O)c1C1CC(CN)CN1C. The van der Waals surface area contributed by atoms with Crippen LogP contribution in [0.1, 0.15) is 48.9 Å². The van der Waals surface area contributed by atoms with Crippen LogP contribution in [0.15, 0.2) is 6.07 Å². The summed E-state index contributed by atoms with van der Waals surface area (Å²) in [5, 5.41) is 11.4. The fraction of sp³-hybridized carbons (Fsp3) is 0.625. The highest BCUT2D eigenvalue weighted by molar-refractivity contribution is 6.31. The number of halogens is 1. The van der Waals surface area contributed by atoms with Crippen molar-refractivity contribution in [3.8, 4) is 5.75 Å². The van der Waals surface area contributed by atoms with Crippen LogP contribution in [0.25, 0.3) is 0 Å². The highest BCUT2D eigenvalue weighted by Crippen LogP contribution is 2.44. The maximum absolute atomic E-state index is 10.7. The summed E-state index contributed by atoms with van der Waals surface area (Å²) < 4.78 is 0. The van der Waals surface area contributed by atoms with Crippen LogP contribution in [0.2, 0.25) is 5.02 Å². The van der Waals surface area contributed by atoms with E-state index in [9.17, 15) is 5.11 Å². The van der Waals surface area contributed by atoms with E-state index in [0.29, 0.717) is 18.2 Å². The number of hydrogen-bond acceptors (Lipinski definition) is 3. The molecule has 112 valence electrons. The Hall–Kier alpha value is -0.770. The topological polar surface area (TPSA) is 49.5 Å². The highest BCUT2D eigenvalue weighted by Gasteiger charge is 2.33. The monoisotopic (exact) mass is 296 g/mol. The third kappa shape index (κ3) is 2.67. The van der Waals surface area contributed by atoms with Crippen molar-refractivity contribution in [2.24, 2.45) is 11.7 Å². The first-order chi connectivity index (χ1) is 9.36. The summed E-state index contributed by atoms with van der Waals surface area (Å²) in [7, 11) is 2.09. The number of benzene rings is 1. The number of phenolic OH excluding ortho intramolecular Hbond substituents is 1. The minimum absolute atomic E-state index is 0.208. The molecule has 1 aromatic carbocycles. The van der Waals surface area contributed by atoms with Crippen LogP contribution in [0.5, 0.6) is 5.75 Å². The molecule has 2 unspecified atom stereocenters. The van der Waals surface area contributed by atoms with E-state index in [1.807, 2.05) is 13.0 Å². The number of aromatic hydroxyl groups is 1. The Morgan fingerprint density at radius 2 is 2.15 bits per heavy atom. The normalized spacial score (nSPS) is 23.8. The van der Waals surface area contributed by atoms with E-state index in [-0.39, 0.29) is 12.0 Å². The number of rotatable bonds is 3. The summed E-state index contributed by atoms with van der Waals surface area (Å²) in [5.41, 5.74) is 8.71. The molecule has 1 heterocycles. The summed E-state index contributed by atoms with van der Waals surface area (Å²) in [4.78, 5) is 2.28. The van der Waals surface area contributed by atoms with Gasteiger partial charge in [-0.2, -0.15) is 0 Å². The van der Waals surface area contributed by atoms with Crippen molar-refractivity contribution in [1.29, 1.82) is 0 Å². The lowest BCUT2D eigenvalue weighted by Gasteiger charge is -2.25. The van der Waals surface area contributed by atoms with E-state index in [0.717, 1.165) is 34.7 Å². The fourth-order valence-corrected chi connectivity index (χ4v) is 3.46. The van der Waals surface area contributed by atoms with Crippen LogP contribution in [0.4, 0.5) is 0 Å². The molecule has 1 aliphatic rings. The first kappa shape index (κ1) is 15.6. The number of nitrogens with two attached hydrogens (primary N) is 1. The zero-order valence-electron chi connectivity index (χ0n) is 12.8. The standard InChI is InChI=1S/C16H25ClN2O/c1-9(2)12-6-13(17)10(3)15(16(12)20)14-5-11(7-18)8-19(14)4/h6,9,11,14,20H,5,7-8,18H2,1-4H3. The van der Waals surface area contributed by atoms with E-state index in [4.69, 9.17) is 17.3 Å². The predicted octanol–water partition coefficient (Wildman–Crippen LogP) is 3.43. The van der Waals surface area contributed by atoms with Crippen molar-refractivity contribution >= 4 is 11.6 Å². The van der Waals surface area contributed by atoms with Crippen molar-refractivity contribution < 1.29 is 5.11 Å². The van der Waals surface area contributed by atoms with Gasteiger partial charge in [0.15, 0.2) is 0 Å². The molecule has 1 aromatic rings. The molecule has 0 spiro atoms. The molecule has 0 radical (unpaired) electrons. The average Bonchev–Trinajstić information content (AvgIpc) is 2.75. The van der Waals surface area contributed by atoms with Crippen molar-refractivity contribution in [3.05, 3.63) is 27.8 Å². The van der Waals surface area contributed by atoms with E-state index in [1.54, 1.807) is 0 Å². The number of nitrogens with zero attached hydrogens (tertiary/aromatic N) is 1. The molecule has 1 fully saturated rings. The molecule has 0 aliphatic carbocycles. The van der Waals surface area contributed by atoms with Gasteiger partial charge in [-0.3, -0.25) is 4.90 Å². The molecule has 1 saturated heterocycles. The molecule has 0 bridgehead atoms. The van der Waals surface area contributed by atoms with Gasteiger partial charge < -0.3 is 10.8 Å². The Labute approximate surface area is 126 Å². The molecule has 2 atom stereocenters. The first-order valence-corrected chi connectivity index (χ1v) is 7.66. The highest BCUT2D eigenvalue weighted by atomic mass is 35.5. The van der Waals surface area contributed by atoms with E-state index < -0.39 is 0 Å². The fourth-order valence-electron chi connectivity index (χ4n) is 3.24. The smallest absolute Gasteiger partial charge is 0.124 e. The third-order valence-corrected chi connectivity index (χ3v) is 4.89. The molecule has 3 N–H and O–H groups in total.